The van der Waals surface area contributed by atoms with Crippen LogP contribution >= 0.6 is 0 Å². The molecule has 88 valence electrons. The molecule has 0 aliphatic carbocycles. The van der Waals surface area contributed by atoms with Crippen molar-refractivity contribution in [3.8, 4) is 0 Å². The molecule has 0 unspecified atom stereocenters. The first kappa shape index (κ1) is 12.0. The van der Waals surface area contributed by atoms with Gasteiger partial charge >= 0.3 is 12.0 Å². The maximum absolute atomic E-state index is 11.1. The molecule has 0 aromatic carbocycles. The van der Waals surface area contributed by atoms with E-state index < -0.39 is 12.0 Å². The fourth-order valence-electron chi connectivity index (χ4n) is 0.985. The van der Waals surface area contributed by atoms with E-state index in [1.54, 1.807) is 13.1 Å². The number of carboxylic acids is 1. The number of nitrogens with one attached hydrogen (secondary N) is 2. The van der Waals surface area contributed by atoms with Crippen molar-refractivity contribution >= 4 is 12.0 Å². The molecule has 7 heteroatoms. The number of carbonyl (C=O) groups is 2. The summed E-state index contributed by atoms with van der Waals surface area (Å²) in [5, 5.41) is 13.2. The van der Waals surface area contributed by atoms with Crippen molar-refractivity contribution < 1.29 is 19.1 Å². The number of carbonyl (C=O) groups excluding carboxylic acids is 1. The smallest absolute Gasteiger partial charge is 0.315 e. The summed E-state index contributed by atoms with van der Waals surface area (Å²) >= 11 is 0. The second-order valence-corrected chi connectivity index (χ2v) is 3.12. The molecule has 0 radical (unpaired) electrons. The van der Waals surface area contributed by atoms with Crippen molar-refractivity contribution in [3.05, 3.63) is 17.8 Å². The van der Waals surface area contributed by atoms with E-state index in [1.807, 2.05) is 0 Å². The largest absolute Gasteiger partial charge is 0.481 e. The highest BCUT2D eigenvalue weighted by atomic mass is 16.4. The zero-order valence-corrected chi connectivity index (χ0v) is 8.82. The van der Waals surface area contributed by atoms with Crippen molar-refractivity contribution in [2.45, 2.75) is 19.9 Å². The summed E-state index contributed by atoms with van der Waals surface area (Å²) in [7, 11) is 0. The van der Waals surface area contributed by atoms with E-state index in [0.717, 1.165) is 0 Å². The number of carboxylic acid groups (broad SMARTS) is 1. The van der Waals surface area contributed by atoms with Crippen LogP contribution < -0.4 is 10.6 Å². The van der Waals surface area contributed by atoms with Crippen LogP contribution in [0.15, 0.2) is 10.6 Å². The summed E-state index contributed by atoms with van der Waals surface area (Å²) in [6, 6.07) is -0.447. The molecule has 1 aromatic heterocycles. The van der Waals surface area contributed by atoms with Gasteiger partial charge in [-0.2, -0.15) is 0 Å². The van der Waals surface area contributed by atoms with E-state index in [9.17, 15) is 9.59 Å². The molecule has 3 N–H and O–H groups in total. The van der Waals surface area contributed by atoms with E-state index in [-0.39, 0.29) is 19.5 Å². The first-order valence-corrected chi connectivity index (χ1v) is 4.72. The van der Waals surface area contributed by atoms with E-state index in [4.69, 9.17) is 9.52 Å². The molecule has 0 saturated heterocycles. The normalized spacial score (nSPS) is 9.81. The predicted molar refractivity (Wildman–Crippen MR) is 53.7 cm³/mol. The minimum atomic E-state index is -0.955. The van der Waals surface area contributed by atoms with E-state index in [0.29, 0.717) is 11.7 Å². The molecule has 0 atom stereocenters. The topological polar surface area (TPSA) is 104 Å². The summed E-state index contributed by atoms with van der Waals surface area (Å²) in [4.78, 5) is 25.2. The van der Waals surface area contributed by atoms with Gasteiger partial charge in [0.25, 0.3) is 0 Å². The lowest BCUT2D eigenvalue weighted by Gasteiger charge is -2.03. The highest BCUT2D eigenvalue weighted by Crippen LogP contribution is 2.00. The third-order valence-corrected chi connectivity index (χ3v) is 1.69. The third kappa shape index (κ3) is 4.45. The van der Waals surface area contributed by atoms with Gasteiger partial charge in [0.05, 0.1) is 19.2 Å². The van der Waals surface area contributed by atoms with Crippen LogP contribution in [-0.4, -0.2) is 28.6 Å². The van der Waals surface area contributed by atoms with Crippen LogP contribution in [0, 0.1) is 6.92 Å². The van der Waals surface area contributed by atoms with Crippen molar-refractivity contribution in [1.82, 2.24) is 15.6 Å². The Balaban J connectivity index is 2.17. The van der Waals surface area contributed by atoms with Crippen molar-refractivity contribution in [1.29, 1.82) is 0 Å². The number of aliphatic carboxylic acids is 1. The summed E-state index contributed by atoms with van der Waals surface area (Å²) in [6.07, 6.45) is 1.45. The van der Waals surface area contributed by atoms with Crippen LogP contribution in [0.4, 0.5) is 4.79 Å². The molecule has 1 rings (SSSR count). The first-order valence-electron chi connectivity index (χ1n) is 4.72. The highest BCUT2D eigenvalue weighted by molar-refractivity contribution is 5.74. The first-order chi connectivity index (χ1) is 7.58. The Kier molecular flexibility index (Phi) is 4.31. The summed E-state index contributed by atoms with van der Waals surface area (Å²) < 4.78 is 5.13. The summed E-state index contributed by atoms with van der Waals surface area (Å²) in [6.45, 7) is 2.02. The van der Waals surface area contributed by atoms with Crippen LogP contribution in [0.1, 0.15) is 18.1 Å². The Morgan fingerprint density at radius 3 is 2.81 bits per heavy atom. The van der Waals surface area contributed by atoms with Crippen LogP contribution in [0.2, 0.25) is 0 Å². The number of rotatable bonds is 5. The Hall–Kier alpha value is -2.05. The van der Waals surface area contributed by atoms with Crippen LogP contribution in [-0.2, 0) is 11.3 Å². The molecule has 0 saturated carbocycles. The lowest BCUT2D eigenvalue weighted by Crippen LogP contribution is -2.36. The molecule has 0 aliphatic rings. The van der Waals surface area contributed by atoms with Gasteiger partial charge in [0.15, 0.2) is 0 Å². The molecule has 0 spiro atoms. The van der Waals surface area contributed by atoms with Gasteiger partial charge in [0.2, 0.25) is 5.89 Å². The zero-order chi connectivity index (χ0) is 12.0. The number of hydrogen-bond donors (Lipinski definition) is 3. The van der Waals surface area contributed by atoms with Crippen molar-refractivity contribution in [3.63, 3.8) is 0 Å². The standard InChI is InChI=1S/C9H13N3O4/c1-6-4-11-7(16-6)5-12-9(15)10-3-2-8(13)14/h4H,2-3,5H2,1H3,(H,13,14)(H2,10,12,15). The third-order valence-electron chi connectivity index (χ3n) is 1.69. The van der Waals surface area contributed by atoms with Gasteiger partial charge in [-0.3, -0.25) is 4.79 Å². The molecule has 0 aliphatic heterocycles. The molecule has 7 nitrogen and oxygen atoms in total. The van der Waals surface area contributed by atoms with Crippen LogP contribution in [0.3, 0.4) is 0 Å². The number of oxazole rings is 1. The maximum Gasteiger partial charge on any atom is 0.315 e. The summed E-state index contributed by atoms with van der Waals surface area (Å²) in [5.41, 5.74) is 0. The Bertz CT molecular complexity index is 375. The molecular weight excluding hydrogens is 214 g/mol. The highest BCUT2D eigenvalue weighted by Gasteiger charge is 2.04. The Morgan fingerprint density at radius 1 is 1.50 bits per heavy atom. The second kappa shape index (κ2) is 5.74. The van der Waals surface area contributed by atoms with E-state index in [2.05, 4.69) is 15.6 Å². The number of amides is 2. The maximum atomic E-state index is 11.1. The average molecular weight is 227 g/mol. The zero-order valence-electron chi connectivity index (χ0n) is 8.82. The minimum Gasteiger partial charge on any atom is -0.481 e. The van der Waals surface area contributed by atoms with Gasteiger partial charge in [-0.1, -0.05) is 0 Å². The van der Waals surface area contributed by atoms with Gasteiger partial charge in [0, 0.05) is 6.54 Å². The summed E-state index contributed by atoms with van der Waals surface area (Å²) in [5.74, 6) is 0.123. The number of nitrogens with zero attached hydrogens (tertiary/aromatic N) is 1. The van der Waals surface area contributed by atoms with Gasteiger partial charge < -0.3 is 20.2 Å². The van der Waals surface area contributed by atoms with Gasteiger partial charge in [-0.15, -0.1) is 0 Å². The molecule has 1 aromatic rings. The van der Waals surface area contributed by atoms with Gasteiger partial charge in [-0.05, 0) is 6.92 Å². The monoisotopic (exact) mass is 227 g/mol. The minimum absolute atomic E-state index is 0.0891. The predicted octanol–water partition coefficient (Wildman–Crippen LogP) is 0.257. The Morgan fingerprint density at radius 2 is 2.25 bits per heavy atom. The number of aromatic nitrogens is 1. The van der Waals surface area contributed by atoms with Gasteiger partial charge in [0.1, 0.15) is 5.76 Å². The molecule has 0 fully saturated rings. The fraction of sp³-hybridized carbons (Fsp3) is 0.444. The molecule has 2 amide bonds. The van der Waals surface area contributed by atoms with Crippen LogP contribution in [0.25, 0.3) is 0 Å². The molecule has 1 heterocycles. The fourth-order valence-corrected chi connectivity index (χ4v) is 0.985. The van der Waals surface area contributed by atoms with Crippen LogP contribution in [0.5, 0.6) is 0 Å². The van der Waals surface area contributed by atoms with Crippen molar-refractivity contribution in [2.75, 3.05) is 6.54 Å². The lowest BCUT2D eigenvalue weighted by molar-refractivity contribution is -0.136. The number of aryl methyl sites for hydroxylation is 1. The molecular formula is C9H13N3O4. The number of hydrogen-bond acceptors (Lipinski definition) is 4. The Labute approximate surface area is 91.9 Å². The SMILES string of the molecule is Cc1cnc(CNC(=O)NCCC(=O)O)o1. The molecule has 0 bridgehead atoms. The van der Waals surface area contributed by atoms with Crippen molar-refractivity contribution in [2.24, 2.45) is 0 Å². The quantitative estimate of drug-likeness (QED) is 0.669. The average Bonchev–Trinajstić information content (AvgIpc) is 2.61. The lowest BCUT2D eigenvalue weighted by atomic mass is 10.4. The van der Waals surface area contributed by atoms with Gasteiger partial charge in [-0.25, -0.2) is 9.78 Å². The number of urea groups is 1. The second-order valence-electron chi connectivity index (χ2n) is 3.12. The van der Waals surface area contributed by atoms with E-state index in [1.165, 1.54) is 0 Å². The van der Waals surface area contributed by atoms with E-state index >= 15 is 0 Å². The molecule has 16 heavy (non-hydrogen) atoms.